The number of hydrogen-bond acceptors (Lipinski definition) is 7. The molecule has 0 saturated heterocycles. The summed E-state index contributed by atoms with van der Waals surface area (Å²) in [4.78, 5) is 0.130. The molecule has 1 heterocycles. The van der Waals surface area contributed by atoms with Crippen LogP contribution in [0, 0.1) is 18.3 Å². The first-order valence-corrected chi connectivity index (χ1v) is 9.68. The van der Waals surface area contributed by atoms with Crippen LogP contribution in [0.5, 0.6) is 5.75 Å². The van der Waals surface area contributed by atoms with Gasteiger partial charge < -0.3 is 10.1 Å². The minimum atomic E-state index is -3.81. The zero-order valence-electron chi connectivity index (χ0n) is 15.2. The molecule has 0 radical (unpaired) electrons. The first kappa shape index (κ1) is 19.1. The highest BCUT2D eigenvalue weighted by Crippen LogP contribution is 2.23. The van der Waals surface area contributed by atoms with Crippen molar-refractivity contribution in [2.75, 3.05) is 17.1 Å². The molecule has 0 atom stereocenters. The van der Waals surface area contributed by atoms with E-state index in [2.05, 4.69) is 26.3 Å². The first-order valence-electron chi connectivity index (χ1n) is 8.19. The third-order valence-electron chi connectivity index (χ3n) is 3.84. The number of sulfonamides is 1. The lowest BCUT2D eigenvalue weighted by Gasteiger charge is -2.11. The molecule has 0 spiro atoms. The predicted octanol–water partition coefficient (Wildman–Crippen LogP) is 3.21. The molecule has 3 rings (SSSR count). The zero-order valence-corrected chi connectivity index (χ0v) is 16.0. The average molecular weight is 395 g/mol. The Morgan fingerprint density at radius 2 is 1.79 bits per heavy atom. The number of anilines is 3. The van der Waals surface area contributed by atoms with Crippen molar-refractivity contribution in [3.8, 4) is 11.8 Å². The van der Waals surface area contributed by atoms with Gasteiger partial charge in [0, 0.05) is 5.69 Å². The van der Waals surface area contributed by atoms with Gasteiger partial charge in [-0.25, -0.2) is 8.42 Å². The van der Waals surface area contributed by atoms with Crippen molar-refractivity contribution in [1.29, 1.82) is 5.26 Å². The van der Waals surface area contributed by atoms with E-state index >= 15 is 0 Å². The van der Waals surface area contributed by atoms with Crippen LogP contribution in [0.4, 0.5) is 17.3 Å². The molecule has 0 amide bonds. The Kier molecular flexibility index (Phi) is 5.42. The van der Waals surface area contributed by atoms with Gasteiger partial charge in [0.2, 0.25) is 0 Å². The standard InChI is InChI=1S/C19H17N5O3S/c1-13-10-16(27-2)6-7-17(13)28(25,26)24-19-9-8-18(22-23-19)21-15-5-3-4-14(11-15)12-20/h3-11H,1-2H3,(H,21,22)(H,23,24). The van der Waals surface area contributed by atoms with Crippen LogP contribution in [0.1, 0.15) is 11.1 Å². The van der Waals surface area contributed by atoms with E-state index in [9.17, 15) is 8.42 Å². The Labute approximate surface area is 162 Å². The van der Waals surface area contributed by atoms with Crippen LogP contribution in [-0.4, -0.2) is 25.7 Å². The van der Waals surface area contributed by atoms with Crippen LogP contribution in [0.2, 0.25) is 0 Å². The Bertz CT molecular complexity index is 1140. The van der Waals surface area contributed by atoms with Crippen LogP contribution in [-0.2, 0) is 10.0 Å². The smallest absolute Gasteiger partial charge is 0.263 e. The van der Waals surface area contributed by atoms with Crippen molar-refractivity contribution in [2.24, 2.45) is 0 Å². The van der Waals surface area contributed by atoms with Crippen LogP contribution in [0.15, 0.2) is 59.5 Å². The number of aromatic nitrogens is 2. The van der Waals surface area contributed by atoms with Crippen molar-refractivity contribution in [3.05, 3.63) is 65.7 Å². The highest BCUT2D eigenvalue weighted by molar-refractivity contribution is 7.92. The number of ether oxygens (including phenoxy) is 1. The second-order valence-electron chi connectivity index (χ2n) is 5.86. The second kappa shape index (κ2) is 7.94. The van der Waals surface area contributed by atoms with Crippen LogP contribution in [0.3, 0.4) is 0 Å². The summed E-state index contributed by atoms with van der Waals surface area (Å²) >= 11 is 0. The number of nitrogens with one attached hydrogen (secondary N) is 2. The van der Waals surface area contributed by atoms with E-state index in [4.69, 9.17) is 10.00 Å². The molecule has 0 unspecified atom stereocenters. The van der Waals surface area contributed by atoms with Gasteiger partial charge in [-0.2, -0.15) is 5.26 Å². The summed E-state index contributed by atoms with van der Waals surface area (Å²) < 4.78 is 32.7. The van der Waals surface area contributed by atoms with Crippen molar-refractivity contribution in [2.45, 2.75) is 11.8 Å². The lowest BCUT2D eigenvalue weighted by atomic mass is 10.2. The maximum Gasteiger partial charge on any atom is 0.263 e. The van der Waals surface area contributed by atoms with Gasteiger partial charge in [0.05, 0.1) is 23.6 Å². The van der Waals surface area contributed by atoms with E-state index in [1.807, 2.05) is 0 Å². The van der Waals surface area contributed by atoms with Gasteiger partial charge in [0.15, 0.2) is 11.6 Å². The van der Waals surface area contributed by atoms with E-state index in [0.29, 0.717) is 28.4 Å². The minimum absolute atomic E-state index is 0.0894. The molecule has 0 aliphatic heterocycles. The number of methoxy groups -OCH3 is 1. The van der Waals surface area contributed by atoms with Crippen molar-refractivity contribution in [3.63, 3.8) is 0 Å². The highest BCUT2D eigenvalue weighted by Gasteiger charge is 2.18. The Morgan fingerprint density at radius 3 is 2.43 bits per heavy atom. The summed E-state index contributed by atoms with van der Waals surface area (Å²) in [6, 6.07) is 16.7. The van der Waals surface area contributed by atoms with Gasteiger partial charge in [-0.05, 0) is 61.0 Å². The molecule has 28 heavy (non-hydrogen) atoms. The zero-order chi connectivity index (χ0) is 20.1. The molecule has 9 heteroatoms. The van der Waals surface area contributed by atoms with E-state index in [0.717, 1.165) is 0 Å². The first-order chi connectivity index (χ1) is 13.4. The summed E-state index contributed by atoms with van der Waals surface area (Å²) in [6.07, 6.45) is 0. The Hall–Kier alpha value is -3.64. The van der Waals surface area contributed by atoms with Crippen molar-refractivity contribution >= 4 is 27.3 Å². The van der Waals surface area contributed by atoms with Crippen LogP contribution < -0.4 is 14.8 Å². The average Bonchev–Trinajstić information content (AvgIpc) is 2.69. The lowest BCUT2D eigenvalue weighted by Crippen LogP contribution is -2.15. The molecule has 0 fully saturated rings. The molecule has 0 bridgehead atoms. The summed E-state index contributed by atoms with van der Waals surface area (Å²) in [6.45, 7) is 1.69. The molecule has 3 aromatic rings. The molecular formula is C19H17N5O3S. The second-order valence-corrected chi connectivity index (χ2v) is 7.51. The quantitative estimate of drug-likeness (QED) is 0.658. The maximum absolute atomic E-state index is 12.6. The predicted molar refractivity (Wildman–Crippen MR) is 105 cm³/mol. The van der Waals surface area contributed by atoms with Gasteiger partial charge >= 0.3 is 0 Å². The van der Waals surface area contributed by atoms with Gasteiger partial charge in [-0.1, -0.05) is 6.07 Å². The monoisotopic (exact) mass is 395 g/mol. The topological polar surface area (TPSA) is 117 Å². The number of benzene rings is 2. The molecule has 1 aromatic heterocycles. The molecule has 2 aromatic carbocycles. The molecule has 0 saturated carbocycles. The largest absolute Gasteiger partial charge is 0.497 e. The number of nitrogens with zero attached hydrogens (tertiary/aromatic N) is 3. The third kappa shape index (κ3) is 4.36. The fraction of sp³-hybridized carbons (Fsp3) is 0.105. The minimum Gasteiger partial charge on any atom is -0.497 e. The van der Waals surface area contributed by atoms with Crippen LogP contribution >= 0.6 is 0 Å². The summed E-state index contributed by atoms with van der Waals surface area (Å²) in [5.74, 6) is 1.08. The SMILES string of the molecule is COc1ccc(S(=O)(=O)Nc2ccc(Nc3cccc(C#N)c3)nn2)c(C)c1. The summed E-state index contributed by atoms with van der Waals surface area (Å²) in [5, 5.41) is 19.8. The maximum atomic E-state index is 12.6. The summed E-state index contributed by atoms with van der Waals surface area (Å²) in [7, 11) is -2.30. The van der Waals surface area contributed by atoms with Gasteiger partial charge in [0.1, 0.15) is 5.75 Å². The normalized spacial score (nSPS) is 10.8. The molecule has 2 N–H and O–H groups in total. The fourth-order valence-electron chi connectivity index (χ4n) is 2.51. The Morgan fingerprint density at radius 1 is 1.04 bits per heavy atom. The van der Waals surface area contributed by atoms with E-state index in [-0.39, 0.29) is 10.7 Å². The molecule has 8 nitrogen and oxygen atoms in total. The number of rotatable bonds is 6. The third-order valence-corrected chi connectivity index (χ3v) is 5.35. The van der Waals surface area contributed by atoms with Gasteiger partial charge in [-0.3, -0.25) is 4.72 Å². The number of aryl methyl sites for hydroxylation is 1. The van der Waals surface area contributed by atoms with E-state index in [1.165, 1.54) is 19.2 Å². The van der Waals surface area contributed by atoms with E-state index < -0.39 is 10.0 Å². The van der Waals surface area contributed by atoms with Gasteiger partial charge in [-0.15, -0.1) is 10.2 Å². The van der Waals surface area contributed by atoms with E-state index in [1.54, 1.807) is 49.4 Å². The van der Waals surface area contributed by atoms with Crippen molar-refractivity contribution < 1.29 is 13.2 Å². The lowest BCUT2D eigenvalue weighted by molar-refractivity contribution is 0.414. The molecular weight excluding hydrogens is 378 g/mol. The fourth-order valence-corrected chi connectivity index (χ4v) is 3.73. The molecule has 0 aliphatic carbocycles. The van der Waals surface area contributed by atoms with Crippen LogP contribution in [0.25, 0.3) is 0 Å². The van der Waals surface area contributed by atoms with Gasteiger partial charge in [0.25, 0.3) is 10.0 Å². The highest BCUT2D eigenvalue weighted by atomic mass is 32.2. The number of hydrogen-bond donors (Lipinski definition) is 2. The molecule has 142 valence electrons. The molecule has 0 aliphatic rings. The van der Waals surface area contributed by atoms with Crippen molar-refractivity contribution in [1.82, 2.24) is 10.2 Å². The number of nitriles is 1. The summed E-state index contributed by atoms with van der Waals surface area (Å²) in [5.41, 5.74) is 1.74. The Balaban J connectivity index is 1.75.